The van der Waals surface area contributed by atoms with Gasteiger partial charge >= 0.3 is 0 Å². The van der Waals surface area contributed by atoms with Gasteiger partial charge < -0.3 is 10.5 Å². The molecule has 0 saturated carbocycles. The van der Waals surface area contributed by atoms with Crippen molar-refractivity contribution in [2.75, 3.05) is 13.7 Å². The summed E-state index contributed by atoms with van der Waals surface area (Å²) in [6.45, 7) is 12.3. The normalized spacial score (nSPS) is 18.2. The Labute approximate surface area is 102 Å². The molecule has 0 aromatic rings. The maximum atomic E-state index is 6.22. The molecule has 16 heavy (non-hydrogen) atoms. The minimum atomic E-state index is 0.312. The highest BCUT2D eigenvalue weighted by molar-refractivity contribution is 4.75. The molecule has 2 heteroatoms. The second-order valence-corrected chi connectivity index (χ2v) is 6.53. The molecule has 0 spiro atoms. The number of ether oxygens (including phenoxy) is 1. The Balaban J connectivity index is 3.89. The minimum Gasteiger partial charge on any atom is -0.385 e. The summed E-state index contributed by atoms with van der Waals surface area (Å²) in [6, 6.07) is 0.312. The van der Waals surface area contributed by atoms with Gasteiger partial charge in [-0.15, -0.1) is 0 Å². The van der Waals surface area contributed by atoms with E-state index < -0.39 is 0 Å². The monoisotopic (exact) mass is 229 g/mol. The van der Waals surface area contributed by atoms with Gasteiger partial charge in [0.25, 0.3) is 0 Å². The SMILES string of the molecule is COCCC(C)C(N)CC(C)CC(C)(C)C. The average Bonchev–Trinajstić information content (AvgIpc) is 2.10. The van der Waals surface area contributed by atoms with Crippen molar-refractivity contribution in [3.8, 4) is 0 Å². The predicted octanol–water partition coefficient (Wildman–Crippen LogP) is 3.45. The summed E-state index contributed by atoms with van der Waals surface area (Å²) in [4.78, 5) is 0. The molecule has 98 valence electrons. The van der Waals surface area contributed by atoms with Crippen LogP contribution in [-0.2, 0) is 4.74 Å². The molecule has 3 unspecified atom stereocenters. The molecule has 0 bridgehead atoms. The van der Waals surface area contributed by atoms with Crippen molar-refractivity contribution in [2.45, 2.75) is 59.9 Å². The van der Waals surface area contributed by atoms with Crippen LogP contribution in [0, 0.1) is 17.3 Å². The van der Waals surface area contributed by atoms with E-state index in [1.807, 2.05) is 0 Å². The van der Waals surface area contributed by atoms with Gasteiger partial charge in [0.1, 0.15) is 0 Å². The molecule has 0 aliphatic heterocycles. The van der Waals surface area contributed by atoms with Gasteiger partial charge in [-0.05, 0) is 36.5 Å². The Kier molecular flexibility index (Phi) is 7.25. The van der Waals surface area contributed by atoms with Crippen molar-refractivity contribution < 1.29 is 4.74 Å². The maximum absolute atomic E-state index is 6.22. The largest absolute Gasteiger partial charge is 0.385 e. The van der Waals surface area contributed by atoms with E-state index in [0.29, 0.717) is 23.3 Å². The Hall–Kier alpha value is -0.0800. The fourth-order valence-electron chi connectivity index (χ4n) is 2.34. The van der Waals surface area contributed by atoms with Crippen LogP contribution >= 0.6 is 0 Å². The van der Waals surface area contributed by atoms with Crippen molar-refractivity contribution in [3.05, 3.63) is 0 Å². The van der Waals surface area contributed by atoms with Gasteiger partial charge in [-0.25, -0.2) is 0 Å². The van der Waals surface area contributed by atoms with Gasteiger partial charge in [0, 0.05) is 19.8 Å². The minimum absolute atomic E-state index is 0.312. The summed E-state index contributed by atoms with van der Waals surface area (Å²) >= 11 is 0. The summed E-state index contributed by atoms with van der Waals surface area (Å²) in [5.74, 6) is 1.27. The highest BCUT2D eigenvalue weighted by atomic mass is 16.5. The lowest BCUT2D eigenvalue weighted by Gasteiger charge is -2.27. The second-order valence-electron chi connectivity index (χ2n) is 6.53. The molecular formula is C14H31NO. The van der Waals surface area contributed by atoms with E-state index in [0.717, 1.165) is 19.4 Å². The average molecular weight is 229 g/mol. The van der Waals surface area contributed by atoms with Crippen molar-refractivity contribution in [1.82, 2.24) is 0 Å². The number of methoxy groups -OCH3 is 1. The van der Waals surface area contributed by atoms with Gasteiger partial charge in [-0.1, -0.05) is 34.6 Å². The standard InChI is InChI=1S/C14H31NO/c1-11(10-14(3,4)5)9-13(15)12(2)7-8-16-6/h11-13H,7-10,15H2,1-6H3. The van der Waals surface area contributed by atoms with Crippen LogP contribution in [0.2, 0.25) is 0 Å². The molecule has 0 aromatic carbocycles. The van der Waals surface area contributed by atoms with Crippen LogP contribution in [0.25, 0.3) is 0 Å². The number of hydrogen-bond donors (Lipinski definition) is 1. The molecule has 0 fully saturated rings. The Morgan fingerprint density at radius 3 is 2.19 bits per heavy atom. The van der Waals surface area contributed by atoms with Crippen LogP contribution in [0.15, 0.2) is 0 Å². The zero-order valence-corrected chi connectivity index (χ0v) is 12.0. The smallest absolute Gasteiger partial charge is 0.0465 e. The third-order valence-corrected chi connectivity index (χ3v) is 3.14. The van der Waals surface area contributed by atoms with Crippen LogP contribution in [-0.4, -0.2) is 19.8 Å². The van der Waals surface area contributed by atoms with E-state index in [1.54, 1.807) is 7.11 Å². The summed E-state index contributed by atoms with van der Waals surface area (Å²) in [7, 11) is 1.75. The lowest BCUT2D eigenvalue weighted by molar-refractivity contribution is 0.169. The van der Waals surface area contributed by atoms with Crippen molar-refractivity contribution >= 4 is 0 Å². The molecular weight excluding hydrogens is 198 g/mol. The lowest BCUT2D eigenvalue weighted by Crippen LogP contribution is -2.31. The molecule has 0 radical (unpaired) electrons. The van der Waals surface area contributed by atoms with Gasteiger partial charge in [-0.3, -0.25) is 0 Å². The molecule has 0 amide bonds. The third kappa shape index (κ3) is 8.12. The first kappa shape index (κ1) is 15.9. The summed E-state index contributed by atoms with van der Waals surface area (Å²) in [6.07, 6.45) is 3.44. The topological polar surface area (TPSA) is 35.2 Å². The van der Waals surface area contributed by atoms with Gasteiger partial charge in [-0.2, -0.15) is 0 Å². The van der Waals surface area contributed by atoms with E-state index in [2.05, 4.69) is 34.6 Å². The number of rotatable bonds is 7. The van der Waals surface area contributed by atoms with E-state index in [1.165, 1.54) is 6.42 Å². The predicted molar refractivity (Wildman–Crippen MR) is 71.5 cm³/mol. The van der Waals surface area contributed by atoms with Crippen LogP contribution in [0.4, 0.5) is 0 Å². The Morgan fingerprint density at radius 2 is 1.75 bits per heavy atom. The van der Waals surface area contributed by atoms with Crippen LogP contribution in [0.1, 0.15) is 53.9 Å². The van der Waals surface area contributed by atoms with E-state index >= 15 is 0 Å². The molecule has 0 aliphatic carbocycles. The molecule has 0 heterocycles. The van der Waals surface area contributed by atoms with Crippen LogP contribution < -0.4 is 5.73 Å². The number of nitrogens with two attached hydrogens (primary N) is 1. The Morgan fingerprint density at radius 1 is 1.19 bits per heavy atom. The van der Waals surface area contributed by atoms with Gasteiger partial charge in [0.05, 0.1) is 0 Å². The summed E-state index contributed by atoms with van der Waals surface area (Å²) in [5, 5.41) is 0. The molecule has 0 aromatic heterocycles. The van der Waals surface area contributed by atoms with Gasteiger partial charge in [0.15, 0.2) is 0 Å². The first-order valence-corrected chi connectivity index (χ1v) is 6.50. The molecule has 0 saturated heterocycles. The lowest BCUT2D eigenvalue weighted by atomic mass is 9.81. The molecule has 2 nitrogen and oxygen atoms in total. The zero-order chi connectivity index (χ0) is 12.8. The fraction of sp³-hybridized carbons (Fsp3) is 1.00. The van der Waals surface area contributed by atoms with Gasteiger partial charge in [0.2, 0.25) is 0 Å². The quantitative estimate of drug-likeness (QED) is 0.725. The third-order valence-electron chi connectivity index (χ3n) is 3.14. The molecule has 0 rings (SSSR count). The van der Waals surface area contributed by atoms with E-state index in [4.69, 9.17) is 10.5 Å². The van der Waals surface area contributed by atoms with Crippen LogP contribution in [0.5, 0.6) is 0 Å². The van der Waals surface area contributed by atoms with Crippen molar-refractivity contribution in [1.29, 1.82) is 0 Å². The van der Waals surface area contributed by atoms with Crippen molar-refractivity contribution in [3.63, 3.8) is 0 Å². The molecule has 0 aliphatic rings. The van der Waals surface area contributed by atoms with E-state index in [9.17, 15) is 0 Å². The highest BCUT2D eigenvalue weighted by Gasteiger charge is 2.20. The van der Waals surface area contributed by atoms with E-state index in [-0.39, 0.29) is 0 Å². The fourth-order valence-corrected chi connectivity index (χ4v) is 2.34. The Bertz CT molecular complexity index is 174. The highest BCUT2D eigenvalue weighted by Crippen LogP contribution is 2.27. The zero-order valence-electron chi connectivity index (χ0n) is 12.0. The first-order valence-electron chi connectivity index (χ1n) is 6.50. The maximum Gasteiger partial charge on any atom is 0.0465 e. The number of hydrogen-bond acceptors (Lipinski definition) is 2. The molecule has 2 N–H and O–H groups in total. The first-order chi connectivity index (χ1) is 7.26. The molecule has 3 atom stereocenters. The van der Waals surface area contributed by atoms with Crippen LogP contribution in [0.3, 0.4) is 0 Å². The van der Waals surface area contributed by atoms with Crippen molar-refractivity contribution in [2.24, 2.45) is 23.0 Å². The summed E-state index contributed by atoms with van der Waals surface area (Å²) < 4.78 is 5.09. The summed E-state index contributed by atoms with van der Waals surface area (Å²) in [5.41, 5.74) is 6.63. The second kappa shape index (κ2) is 7.29.